The average molecular weight is 358 g/mol. The van der Waals surface area contributed by atoms with Gasteiger partial charge in [0.2, 0.25) is 5.95 Å². The summed E-state index contributed by atoms with van der Waals surface area (Å²) in [5, 5.41) is 0. The minimum absolute atomic E-state index is 0.0696. The van der Waals surface area contributed by atoms with Crippen LogP contribution in [0.4, 0.5) is 11.6 Å². The molecule has 0 unspecified atom stereocenters. The Balaban J connectivity index is 1.60. The molecular formula is C22H22N4O. The van der Waals surface area contributed by atoms with Gasteiger partial charge in [-0.3, -0.25) is 4.79 Å². The summed E-state index contributed by atoms with van der Waals surface area (Å²) in [4.78, 5) is 26.0. The molecule has 0 radical (unpaired) electrons. The lowest BCUT2D eigenvalue weighted by Crippen LogP contribution is -2.30. The summed E-state index contributed by atoms with van der Waals surface area (Å²) in [6, 6.07) is 20.0. The van der Waals surface area contributed by atoms with E-state index in [-0.39, 0.29) is 5.91 Å². The zero-order valence-corrected chi connectivity index (χ0v) is 15.6. The van der Waals surface area contributed by atoms with Crippen molar-refractivity contribution in [1.29, 1.82) is 0 Å². The highest BCUT2D eigenvalue weighted by Gasteiger charge is 2.26. The van der Waals surface area contributed by atoms with E-state index in [1.54, 1.807) is 6.07 Å². The largest absolute Gasteiger partial charge is 0.340 e. The number of amides is 1. The molecule has 1 aliphatic rings. The summed E-state index contributed by atoms with van der Waals surface area (Å²) in [7, 11) is 1.95. The van der Waals surface area contributed by atoms with Gasteiger partial charge in [0.1, 0.15) is 5.69 Å². The van der Waals surface area contributed by atoms with Crippen molar-refractivity contribution in [2.24, 2.45) is 0 Å². The molecule has 2 heterocycles. The molecule has 0 atom stereocenters. The maximum Gasteiger partial charge on any atom is 0.277 e. The van der Waals surface area contributed by atoms with Gasteiger partial charge in [0.15, 0.2) is 0 Å². The summed E-state index contributed by atoms with van der Waals surface area (Å²) in [6.07, 6.45) is 0.882. The van der Waals surface area contributed by atoms with Crippen LogP contribution in [0.25, 0.3) is 0 Å². The van der Waals surface area contributed by atoms with Crippen LogP contribution in [0.5, 0.6) is 0 Å². The van der Waals surface area contributed by atoms with E-state index in [0.717, 1.165) is 17.8 Å². The number of nitrogens with zero attached hydrogens (tertiary/aromatic N) is 4. The molecule has 2 aromatic carbocycles. The minimum Gasteiger partial charge on any atom is -0.340 e. The number of rotatable bonds is 4. The molecule has 1 amide bonds. The second-order valence-electron chi connectivity index (χ2n) is 6.87. The fourth-order valence-electron chi connectivity index (χ4n) is 3.45. The van der Waals surface area contributed by atoms with Crippen molar-refractivity contribution in [3.63, 3.8) is 0 Å². The summed E-state index contributed by atoms with van der Waals surface area (Å²) >= 11 is 0. The van der Waals surface area contributed by atoms with Gasteiger partial charge in [0.05, 0.1) is 0 Å². The number of anilines is 2. The molecule has 4 rings (SSSR count). The Hall–Kier alpha value is -3.21. The van der Waals surface area contributed by atoms with Crippen molar-refractivity contribution in [3.8, 4) is 0 Å². The van der Waals surface area contributed by atoms with Crippen molar-refractivity contribution in [1.82, 2.24) is 9.97 Å². The van der Waals surface area contributed by atoms with Gasteiger partial charge in [-0.1, -0.05) is 48.5 Å². The van der Waals surface area contributed by atoms with Crippen LogP contribution in [0.2, 0.25) is 0 Å². The lowest BCUT2D eigenvalue weighted by molar-refractivity contribution is 0.0984. The van der Waals surface area contributed by atoms with Gasteiger partial charge in [-0.25, -0.2) is 9.97 Å². The normalized spacial score (nSPS) is 12.7. The third-order valence-electron chi connectivity index (χ3n) is 4.80. The van der Waals surface area contributed by atoms with E-state index in [2.05, 4.69) is 28.2 Å². The first-order valence-corrected chi connectivity index (χ1v) is 9.12. The van der Waals surface area contributed by atoms with E-state index in [1.165, 1.54) is 11.1 Å². The van der Waals surface area contributed by atoms with E-state index < -0.39 is 0 Å². The Morgan fingerprint density at radius 1 is 1.07 bits per heavy atom. The van der Waals surface area contributed by atoms with Crippen LogP contribution < -0.4 is 9.80 Å². The molecule has 0 spiro atoms. The maximum absolute atomic E-state index is 13.1. The highest BCUT2D eigenvalue weighted by Crippen LogP contribution is 2.28. The molecule has 0 aliphatic carbocycles. The van der Waals surface area contributed by atoms with E-state index >= 15 is 0 Å². The van der Waals surface area contributed by atoms with Crippen LogP contribution in [-0.2, 0) is 13.0 Å². The quantitative estimate of drug-likeness (QED) is 0.715. The van der Waals surface area contributed by atoms with Crippen molar-refractivity contribution in [3.05, 3.63) is 83.2 Å². The van der Waals surface area contributed by atoms with E-state index in [1.807, 2.05) is 60.2 Å². The van der Waals surface area contributed by atoms with Crippen LogP contribution in [0, 0.1) is 6.92 Å². The monoisotopic (exact) mass is 358 g/mol. The Kier molecular flexibility index (Phi) is 4.59. The molecule has 0 bridgehead atoms. The number of aryl methyl sites for hydroxylation is 1. The number of hydrogen-bond acceptors (Lipinski definition) is 4. The lowest BCUT2D eigenvalue weighted by atomic mass is 10.2. The first kappa shape index (κ1) is 17.2. The lowest BCUT2D eigenvalue weighted by Gasteiger charge is -2.20. The molecule has 27 heavy (non-hydrogen) atoms. The fourth-order valence-corrected chi connectivity index (χ4v) is 3.45. The maximum atomic E-state index is 13.1. The zero-order valence-electron chi connectivity index (χ0n) is 15.6. The molecule has 0 saturated heterocycles. The molecule has 136 valence electrons. The number of fused-ring (bicyclic) bond motifs is 1. The Bertz CT molecular complexity index is 971. The Morgan fingerprint density at radius 3 is 2.63 bits per heavy atom. The number of carbonyl (C=O) groups is 1. The van der Waals surface area contributed by atoms with Gasteiger partial charge < -0.3 is 9.80 Å². The molecule has 5 nitrogen and oxygen atoms in total. The topological polar surface area (TPSA) is 49.3 Å². The molecule has 0 fully saturated rings. The Morgan fingerprint density at radius 2 is 1.81 bits per heavy atom. The van der Waals surface area contributed by atoms with Gasteiger partial charge in [0, 0.05) is 31.5 Å². The summed E-state index contributed by atoms with van der Waals surface area (Å²) in [5.74, 6) is 0.495. The average Bonchev–Trinajstić information content (AvgIpc) is 3.12. The fraction of sp³-hybridized carbons (Fsp3) is 0.227. The Labute approximate surface area is 159 Å². The second-order valence-corrected chi connectivity index (χ2v) is 6.87. The van der Waals surface area contributed by atoms with Gasteiger partial charge in [-0.15, -0.1) is 0 Å². The molecule has 1 aliphatic heterocycles. The molecular weight excluding hydrogens is 336 g/mol. The van der Waals surface area contributed by atoms with Gasteiger partial charge in [-0.05, 0) is 36.6 Å². The minimum atomic E-state index is -0.0696. The van der Waals surface area contributed by atoms with Crippen LogP contribution in [0.3, 0.4) is 0 Å². The molecule has 0 N–H and O–H groups in total. The van der Waals surface area contributed by atoms with Gasteiger partial charge in [-0.2, -0.15) is 0 Å². The number of aromatic nitrogens is 2. The van der Waals surface area contributed by atoms with Crippen molar-refractivity contribution >= 4 is 17.5 Å². The number of hydrogen-bond donors (Lipinski definition) is 0. The van der Waals surface area contributed by atoms with Crippen LogP contribution in [-0.4, -0.2) is 29.5 Å². The van der Waals surface area contributed by atoms with E-state index in [9.17, 15) is 4.79 Å². The highest BCUT2D eigenvalue weighted by molar-refractivity contribution is 6.06. The predicted octanol–water partition coefficient (Wildman–Crippen LogP) is 3.62. The highest BCUT2D eigenvalue weighted by atomic mass is 16.2. The zero-order chi connectivity index (χ0) is 18.8. The third kappa shape index (κ3) is 3.53. The number of para-hydroxylation sites is 1. The van der Waals surface area contributed by atoms with Crippen molar-refractivity contribution in [2.75, 3.05) is 23.4 Å². The van der Waals surface area contributed by atoms with E-state index in [4.69, 9.17) is 0 Å². The van der Waals surface area contributed by atoms with Crippen molar-refractivity contribution < 1.29 is 4.79 Å². The van der Waals surface area contributed by atoms with Crippen LogP contribution in [0.1, 0.15) is 27.3 Å². The van der Waals surface area contributed by atoms with E-state index in [0.29, 0.717) is 24.7 Å². The smallest absolute Gasteiger partial charge is 0.277 e. The molecule has 3 aromatic rings. The van der Waals surface area contributed by atoms with Crippen LogP contribution >= 0.6 is 0 Å². The molecule has 0 saturated carbocycles. The van der Waals surface area contributed by atoms with Gasteiger partial charge >= 0.3 is 0 Å². The third-order valence-corrected chi connectivity index (χ3v) is 4.80. The number of carbonyl (C=O) groups excluding carboxylic acids is 1. The van der Waals surface area contributed by atoms with Crippen LogP contribution in [0.15, 0.2) is 60.7 Å². The molecule has 1 aromatic heterocycles. The standard InChI is InChI=1S/C22H22N4O/c1-16-14-19(21(27)26-13-12-18-10-6-7-11-20(18)26)24-22(23-16)25(2)15-17-8-4-3-5-9-17/h3-11,14H,12-13,15H2,1-2H3. The summed E-state index contributed by atoms with van der Waals surface area (Å²) in [6.45, 7) is 3.27. The SMILES string of the molecule is Cc1cc(C(=O)N2CCc3ccccc32)nc(N(C)Cc2ccccc2)n1. The predicted molar refractivity (Wildman–Crippen MR) is 107 cm³/mol. The molecule has 5 heteroatoms. The number of benzene rings is 2. The summed E-state index contributed by atoms with van der Waals surface area (Å²) < 4.78 is 0. The first-order valence-electron chi connectivity index (χ1n) is 9.12. The summed E-state index contributed by atoms with van der Waals surface area (Å²) in [5.41, 5.74) is 4.59. The van der Waals surface area contributed by atoms with Crippen molar-refractivity contribution in [2.45, 2.75) is 19.9 Å². The first-order chi connectivity index (χ1) is 13.1. The van der Waals surface area contributed by atoms with Gasteiger partial charge in [0.25, 0.3) is 5.91 Å². The second kappa shape index (κ2) is 7.19.